The Balaban J connectivity index is 1.73. The van der Waals surface area contributed by atoms with E-state index in [1.54, 1.807) is 6.08 Å². The van der Waals surface area contributed by atoms with Crippen molar-refractivity contribution in [3.63, 3.8) is 0 Å². The van der Waals surface area contributed by atoms with Crippen molar-refractivity contribution < 1.29 is 14.3 Å². The lowest BCUT2D eigenvalue weighted by Gasteiger charge is -2.01. The number of thiazole rings is 1. The van der Waals surface area contributed by atoms with E-state index in [-0.39, 0.29) is 6.42 Å². The quantitative estimate of drug-likeness (QED) is 0.394. The number of furan rings is 1. The SMILES string of the molecule is O=C(O)C/C(=C\c1ccc(-c2ccccc2Br)o1)c1nc2ccccc2s1. The van der Waals surface area contributed by atoms with Crippen molar-refractivity contribution in [1.29, 1.82) is 0 Å². The van der Waals surface area contributed by atoms with Crippen LogP contribution in [-0.2, 0) is 4.79 Å². The molecule has 27 heavy (non-hydrogen) atoms. The van der Waals surface area contributed by atoms with Crippen LogP contribution in [0.2, 0.25) is 0 Å². The number of aromatic nitrogens is 1. The van der Waals surface area contributed by atoms with Crippen molar-refractivity contribution in [2.45, 2.75) is 6.42 Å². The van der Waals surface area contributed by atoms with Gasteiger partial charge in [0.2, 0.25) is 0 Å². The topological polar surface area (TPSA) is 63.3 Å². The van der Waals surface area contributed by atoms with Crippen LogP contribution in [0.1, 0.15) is 17.2 Å². The average molecular weight is 440 g/mol. The average Bonchev–Trinajstić information content (AvgIpc) is 3.28. The zero-order valence-electron chi connectivity index (χ0n) is 14.1. The normalized spacial score (nSPS) is 11.8. The fourth-order valence-corrected chi connectivity index (χ4v) is 4.23. The lowest BCUT2D eigenvalue weighted by molar-refractivity contribution is -0.135. The summed E-state index contributed by atoms with van der Waals surface area (Å²) in [7, 11) is 0. The number of hydrogen-bond acceptors (Lipinski definition) is 4. The molecule has 4 aromatic rings. The van der Waals surface area contributed by atoms with Crippen molar-refractivity contribution in [3.05, 3.63) is 75.9 Å². The van der Waals surface area contributed by atoms with Gasteiger partial charge < -0.3 is 9.52 Å². The van der Waals surface area contributed by atoms with E-state index in [1.807, 2.05) is 60.7 Å². The molecule has 2 heterocycles. The summed E-state index contributed by atoms with van der Waals surface area (Å²) in [5, 5.41) is 10.0. The lowest BCUT2D eigenvalue weighted by atomic mass is 10.1. The van der Waals surface area contributed by atoms with E-state index in [2.05, 4.69) is 20.9 Å². The molecule has 0 aliphatic rings. The Hall–Kier alpha value is -2.70. The van der Waals surface area contributed by atoms with Gasteiger partial charge in [0.1, 0.15) is 16.5 Å². The smallest absolute Gasteiger partial charge is 0.307 e. The maximum atomic E-state index is 11.4. The van der Waals surface area contributed by atoms with Gasteiger partial charge in [-0.2, -0.15) is 0 Å². The standard InChI is InChI=1S/C21H14BrNO3S/c22-16-6-2-1-5-15(16)18-10-9-14(26-18)11-13(12-20(24)25)21-23-17-7-3-4-8-19(17)27-21/h1-11H,12H2,(H,24,25)/b13-11+. The van der Waals surface area contributed by atoms with Crippen LogP contribution in [0.15, 0.2) is 69.6 Å². The van der Waals surface area contributed by atoms with E-state index in [1.165, 1.54) is 11.3 Å². The number of halogens is 1. The van der Waals surface area contributed by atoms with Gasteiger partial charge in [-0.1, -0.05) is 46.3 Å². The second-order valence-electron chi connectivity index (χ2n) is 5.91. The number of carbonyl (C=O) groups is 1. The van der Waals surface area contributed by atoms with E-state index >= 15 is 0 Å². The third kappa shape index (κ3) is 3.86. The van der Waals surface area contributed by atoms with Crippen molar-refractivity contribution in [3.8, 4) is 11.3 Å². The molecule has 0 unspecified atom stereocenters. The summed E-state index contributed by atoms with van der Waals surface area (Å²) in [4.78, 5) is 15.9. The predicted molar refractivity (Wildman–Crippen MR) is 112 cm³/mol. The molecule has 0 radical (unpaired) electrons. The molecule has 4 rings (SSSR count). The fraction of sp³-hybridized carbons (Fsp3) is 0.0476. The first-order chi connectivity index (χ1) is 13.1. The number of rotatable bonds is 5. The molecule has 0 saturated carbocycles. The predicted octanol–water partition coefficient (Wildman–Crippen LogP) is 6.33. The zero-order valence-corrected chi connectivity index (χ0v) is 16.5. The molecule has 0 saturated heterocycles. The molecule has 134 valence electrons. The van der Waals surface area contributed by atoms with Crippen molar-refractivity contribution in [2.75, 3.05) is 0 Å². The first-order valence-electron chi connectivity index (χ1n) is 8.23. The Bertz CT molecular complexity index is 1130. The number of benzene rings is 2. The molecule has 0 spiro atoms. The summed E-state index contributed by atoms with van der Waals surface area (Å²) < 4.78 is 7.90. The maximum Gasteiger partial charge on any atom is 0.307 e. The Kier molecular flexibility index (Phi) is 4.92. The number of nitrogens with zero attached hydrogens (tertiary/aromatic N) is 1. The Morgan fingerprint density at radius 2 is 1.89 bits per heavy atom. The highest BCUT2D eigenvalue weighted by Crippen LogP contribution is 2.33. The van der Waals surface area contributed by atoms with E-state index in [4.69, 9.17) is 4.42 Å². The molecular weight excluding hydrogens is 426 g/mol. The zero-order chi connectivity index (χ0) is 18.8. The second-order valence-corrected chi connectivity index (χ2v) is 7.79. The van der Waals surface area contributed by atoms with Crippen LogP contribution >= 0.6 is 27.3 Å². The molecule has 0 atom stereocenters. The van der Waals surface area contributed by atoms with E-state index in [0.29, 0.717) is 22.1 Å². The summed E-state index contributed by atoms with van der Waals surface area (Å²) in [5.74, 6) is 0.405. The van der Waals surface area contributed by atoms with Crippen LogP contribution in [0.3, 0.4) is 0 Å². The van der Waals surface area contributed by atoms with Crippen LogP contribution in [0, 0.1) is 0 Å². The maximum absolute atomic E-state index is 11.4. The largest absolute Gasteiger partial charge is 0.481 e. The third-order valence-corrected chi connectivity index (χ3v) is 5.80. The highest BCUT2D eigenvalue weighted by Gasteiger charge is 2.14. The summed E-state index contributed by atoms with van der Waals surface area (Å²) in [6.07, 6.45) is 1.64. The lowest BCUT2D eigenvalue weighted by Crippen LogP contribution is -1.96. The van der Waals surface area contributed by atoms with Gasteiger partial charge in [-0.05, 0) is 36.4 Å². The number of aliphatic carboxylic acids is 1. The molecular formula is C21H14BrNO3S. The van der Waals surface area contributed by atoms with Gasteiger partial charge in [0, 0.05) is 15.6 Å². The van der Waals surface area contributed by atoms with E-state index in [9.17, 15) is 9.90 Å². The molecule has 4 nitrogen and oxygen atoms in total. The van der Waals surface area contributed by atoms with Gasteiger partial charge in [-0.3, -0.25) is 4.79 Å². The molecule has 2 aromatic heterocycles. The molecule has 2 aromatic carbocycles. The Morgan fingerprint density at radius 1 is 1.11 bits per heavy atom. The van der Waals surface area contributed by atoms with Crippen LogP contribution in [-0.4, -0.2) is 16.1 Å². The molecule has 1 N–H and O–H groups in total. The van der Waals surface area contributed by atoms with Crippen molar-refractivity contribution in [1.82, 2.24) is 4.98 Å². The number of hydrogen-bond donors (Lipinski definition) is 1. The van der Waals surface area contributed by atoms with Crippen molar-refractivity contribution in [2.24, 2.45) is 0 Å². The number of carboxylic acids is 1. The third-order valence-electron chi connectivity index (χ3n) is 3.99. The molecule has 6 heteroatoms. The Morgan fingerprint density at radius 3 is 2.67 bits per heavy atom. The van der Waals surface area contributed by atoms with Gasteiger partial charge in [0.25, 0.3) is 0 Å². The number of para-hydroxylation sites is 1. The summed E-state index contributed by atoms with van der Waals surface area (Å²) in [6.45, 7) is 0. The second kappa shape index (κ2) is 7.50. The molecule has 0 bridgehead atoms. The fourth-order valence-electron chi connectivity index (χ4n) is 2.77. The number of carboxylic acid groups (broad SMARTS) is 1. The Labute approximate surface area is 167 Å². The van der Waals surface area contributed by atoms with Gasteiger partial charge in [-0.15, -0.1) is 11.3 Å². The molecule has 0 amide bonds. The molecule has 0 aliphatic carbocycles. The number of fused-ring (bicyclic) bond motifs is 1. The highest BCUT2D eigenvalue weighted by molar-refractivity contribution is 9.10. The van der Waals surface area contributed by atoms with Gasteiger partial charge in [0.15, 0.2) is 0 Å². The van der Waals surface area contributed by atoms with Crippen LogP contribution in [0.5, 0.6) is 0 Å². The van der Waals surface area contributed by atoms with E-state index < -0.39 is 5.97 Å². The van der Waals surface area contributed by atoms with Gasteiger partial charge in [-0.25, -0.2) is 4.98 Å². The van der Waals surface area contributed by atoms with Crippen LogP contribution < -0.4 is 0 Å². The van der Waals surface area contributed by atoms with E-state index in [0.717, 1.165) is 20.3 Å². The monoisotopic (exact) mass is 439 g/mol. The minimum Gasteiger partial charge on any atom is -0.481 e. The van der Waals surface area contributed by atoms with Gasteiger partial charge in [0.05, 0.1) is 16.6 Å². The first-order valence-corrected chi connectivity index (χ1v) is 9.84. The summed E-state index contributed by atoms with van der Waals surface area (Å²) in [5.41, 5.74) is 2.43. The molecule has 0 aliphatic heterocycles. The van der Waals surface area contributed by atoms with Crippen molar-refractivity contribution >= 4 is 55.1 Å². The van der Waals surface area contributed by atoms with Crippen LogP contribution in [0.4, 0.5) is 0 Å². The minimum absolute atomic E-state index is 0.120. The minimum atomic E-state index is -0.905. The first kappa shape index (κ1) is 17.7. The highest BCUT2D eigenvalue weighted by atomic mass is 79.9. The summed E-state index contributed by atoms with van der Waals surface area (Å²) >= 11 is 5.00. The van der Waals surface area contributed by atoms with Gasteiger partial charge >= 0.3 is 5.97 Å². The molecule has 0 fully saturated rings. The van der Waals surface area contributed by atoms with Crippen LogP contribution in [0.25, 0.3) is 33.2 Å². The summed E-state index contributed by atoms with van der Waals surface area (Å²) in [6, 6.07) is 19.3.